The van der Waals surface area contributed by atoms with Crippen LogP contribution < -0.4 is 4.74 Å². The Kier molecular flexibility index (Phi) is 15.0. The Labute approximate surface area is 295 Å². The summed E-state index contributed by atoms with van der Waals surface area (Å²) in [4.78, 5) is 11.9. The van der Waals surface area contributed by atoms with Gasteiger partial charge in [0.25, 0.3) is 0 Å². The number of carbonyl (C=O) groups is 1. The molecule has 0 unspecified atom stereocenters. The van der Waals surface area contributed by atoms with Crippen LogP contribution in [0.5, 0.6) is 5.75 Å². The molecule has 3 aromatic rings. The molecule has 1 aliphatic rings. The van der Waals surface area contributed by atoms with Crippen molar-refractivity contribution in [3.05, 3.63) is 89.5 Å². The minimum atomic E-state index is -0.705. The fraction of sp³-hybridized carbons (Fsp3) is 0.523. The third kappa shape index (κ3) is 10.5. The van der Waals surface area contributed by atoms with Crippen molar-refractivity contribution < 1.29 is 24.5 Å². The summed E-state index contributed by atoms with van der Waals surface area (Å²) >= 11 is 0. The lowest BCUT2D eigenvalue weighted by Gasteiger charge is -2.29. The molecule has 49 heavy (non-hydrogen) atoms. The smallest absolute Gasteiger partial charge is 0.333 e. The summed E-state index contributed by atoms with van der Waals surface area (Å²) in [5.41, 5.74) is 8.23. The number of hydrogen-bond acceptors (Lipinski definition) is 5. The molecule has 0 heterocycles. The molecule has 0 bridgehead atoms. The zero-order chi connectivity index (χ0) is 35.2. The maximum atomic E-state index is 11.9. The van der Waals surface area contributed by atoms with Gasteiger partial charge in [0.1, 0.15) is 5.75 Å². The minimum Gasteiger partial charge on any atom is -0.493 e. The van der Waals surface area contributed by atoms with E-state index >= 15 is 0 Å². The molecule has 266 valence electrons. The number of aliphatic hydroxyl groups is 2. The lowest BCUT2D eigenvalue weighted by Crippen LogP contribution is -2.35. The fourth-order valence-corrected chi connectivity index (χ4v) is 7.09. The van der Waals surface area contributed by atoms with Gasteiger partial charge in [-0.15, -0.1) is 0 Å². The Morgan fingerprint density at radius 3 is 2.14 bits per heavy atom. The summed E-state index contributed by atoms with van der Waals surface area (Å²) in [6, 6.07) is 22.4. The number of aliphatic hydroxyl groups excluding tert-OH is 2. The Balaban J connectivity index is 1.50. The first-order valence-electron chi connectivity index (χ1n) is 18.8. The van der Waals surface area contributed by atoms with E-state index < -0.39 is 5.41 Å². The van der Waals surface area contributed by atoms with Gasteiger partial charge in [0.15, 0.2) is 0 Å². The van der Waals surface area contributed by atoms with E-state index in [0.29, 0.717) is 30.8 Å². The number of unbranched alkanes of at least 4 members (excludes halogenated alkanes) is 2. The van der Waals surface area contributed by atoms with Crippen LogP contribution in [-0.2, 0) is 22.4 Å². The van der Waals surface area contributed by atoms with E-state index in [1.54, 1.807) is 6.92 Å². The molecule has 5 nitrogen and oxygen atoms in total. The monoisotopic (exact) mass is 668 g/mol. The second kappa shape index (κ2) is 19.1. The molecule has 0 atom stereocenters. The summed E-state index contributed by atoms with van der Waals surface area (Å²) in [6.45, 7) is 11.9. The van der Waals surface area contributed by atoms with Crippen LogP contribution in [-0.4, -0.2) is 42.6 Å². The van der Waals surface area contributed by atoms with Crippen LogP contribution in [0.3, 0.4) is 0 Å². The van der Waals surface area contributed by atoms with E-state index in [-0.39, 0.29) is 32.4 Å². The van der Waals surface area contributed by atoms with Gasteiger partial charge in [0.05, 0.1) is 31.8 Å². The van der Waals surface area contributed by atoms with Crippen LogP contribution in [0.25, 0.3) is 22.3 Å². The highest BCUT2D eigenvalue weighted by molar-refractivity contribution is 5.86. The van der Waals surface area contributed by atoms with Crippen molar-refractivity contribution in [1.82, 2.24) is 0 Å². The van der Waals surface area contributed by atoms with Crippen molar-refractivity contribution in [3.63, 3.8) is 0 Å². The number of carbonyl (C=O) groups excluding carboxylic acids is 1. The number of rotatable bonds is 19. The fourth-order valence-electron chi connectivity index (χ4n) is 7.09. The molecule has 0 radical (unpaired) electrons. The average Bonchev–Trinajstić information content (AvgIpc) is 3.14. The zero-order valence-corrected chi connectivity index (χ0v) is 30.6. The van der Waals surface area contributed by atoms with Crippen molar-refractivity contribution in [1.29, 1.82) is 0 Å². The maximum Gasteiger partial charge on any atom is 0.333 e. The third-order valence-corrected chi connectivity index (χ3v) is 10.8. The van der Waals surface area contributed by atoms with Gasteiger partial charge in [-0.3, -0.25) is 0 Å². The summed E-state index contributed by atoms with van der Waals surface area (Å²) < 4.78 is 11.6. The highest BCUT2D eigenvalue weighted by atomic mass is 16.5. The van der Waals surface area contributed by atoms with Crippen LogP contribution in [0.15, 0.2) is 72.8 Å². The number of hydrogen-bond donors (Lipinski definition) is 2. The normalized spacial score (nSPS) is 16.4. The van der Waals surface area contributed by atoms with E-state index in [4.69, 9.17) is 9.47 Å². The number of esters is 1. The molecule has 0 spiro atoms. The standard InChI is InChI=1S/C44H60O5/c1-6-9-10-12-33-14-16-35(17-15-33)36-18-20-37(21-19-36)38-22-24-41(34(7-2)27-38)39-23-25-42(49-31-44(8-3,29-45)30-46)40(28-39)13-11-26-48-43(47)32(4)5/h18-25,27-28,33,35,45-46H,4,6-17,26,29-31H2,1-3,5H3. The molecule has 0 aliphatic heterocycles. The second-order valence-electron chi connectivity index (χ2n) is 14.4. The number of benzene rings is 3. The molecule has 3 aromatic carbocycles. The van der Waals surface area contributed by atoms with Gasteiger partial charge in [-0.25, -0.2) is 4.79 Å². The van der Waals surface area contributed by atoms with Crippen molar-refractivity contribution in [2.24, 2.45) is 11.3 Å². The quantitative estimate of drug-likeness (QED) is 0.0755. The predicted molar refractivity (Wildman–Crippen MR) is 202 cm³/mol. The molecule has 0 aromatic heterocycles. The van der Waals surface area contributed by atoms with Crippen LogP contribution >= 0.6 is 0 Å². The van der Waals surface area contributed by atoms with Crippen LogP contribution in [0.1, 0.15) is 115 Å². The Morgan fingerprint density at radius 1 is 0.837 bits per heavy atom. The van der Waals surface area contributed by atoms with Gasteiger partial charge in [0, 0.05) is 5.57 Å². The van der Waals surface area contributed by atoms with E-state index in [0.717, 1.165) is 29.2 Å². The van der Waals surface area contributed by atoms with E-state index in [9.17, 15) is 15.0 Å². The van der Waals surface area contributed by atoms with Gasteiger partial charge >= 0.3 is 5.97 Å². The molecule has 0 amide bonds. The molecule has 1 saturated carbocycles. The first kappa shape index (κ1) is 38.4. The Hall–Kier alpha value is -3.41. The van der Waals surface area contributed by atoms with Crippen molar-refractivity contribution in [2.45, 2.75) is 111 Å². The Morgan fingerprint density at radius 2 is 1.51 bits per heavy atom. The topological polar surface area (TPSA) is 76.0 Å². The highest BCUT2D eigenvalue weighted by Crippen LogP contribution is 2.39. The highest BCUT2D eigenvalue weighted by Gasteiger charge is 2.28. The summed E-state index contributed by atoms with van der Waals surface area (Å²) in [7, 11) is 0. The molecular weight excluding hydrogens is 608 g/mol. The largest absolute Gasteiger partial charge is 0.493 e. The summed E-state index contributed by atoms with van der Waals surface area (Å²) in [6.07, 6.45) is 13.7. The van der Waals surface area contributed by atoms with E-state index in [2.05, 4.69) is 75.0 Å². The first-order valence-corrected chi connectivity index (χ1v) is 18.8. The van der Waals surface area contributed by atoms with Gasteiger partial charge in [-0.2, -0.15) is 0 Å². The first-order chi connectivity index (χ1) is 23.8. The van der Waals surface area contributed by atoms with E-state index in [1.165, 1.54) is 79.2 Å². The molecule has 0 saturated heterocycles. The molecule has 1 fully saturated rings. The van der Waals surface area contributed by atoms with Crippen molar-refractivity contribution in [3.8, 4) is 28.0 Å². The molecular formula is C44H60O5. The van der Waals surface area contributed by atoms with Gasteiger partial charge in [-0.05, 0) is 121 Å². The second-order valence-corrected chi connectivity index (χ2v) is 14.4. The van der Waals surface area contributed by atoms with Gasteiger partial charge < -0.3 is 19.7 Å². The van der Waals surface area contributed by atoms with Crippen molar-refractivity contribution in [2.75, 3.05) is 26.4 Å². The van der Waals surface area contributed by atoms with Gasteiger partial charge in [0.2, 0.25) is 0 Å². The predicted octanol–water partition coefficient (Wildman–Crippen LogP) is 10.2. The number of ether oxygens (including phenoxy) is 2. The minimum absolute atomic E-state index is 0.153. The summed E-state index contributed by atoms with van der Waals surface area (Å²) in [5.74, 6) is 1.95. The maximum absolute atomic E-state index is 11.9. The number of aryl methyl sites for hydroxylation is 2. The van der Waals surface area contributed by atoms with Crippen LogP contribution in [0.2, 0.25) is 0 Å². The van der Waals surface area contributed by atoms with Crippen molar-refractivity contribution >= 4 is 5.97 Å². The van der Waals surface area contributed by atoms with Crippen LogP contribution in [0, 0.1) is 11.3 Å². The summed E-state index contributed by atoms with van der Waals surface area (Å²) in [5, 5.41) is 19.9. The molecule has 2 N–H and O–H groups in total. The molecule has 4 rings (SSSR count). The SMILES string of the molecule is C=C(C)C(=O)OCCCc1cc(-c2ccc(-c3ccc(C4CCC(CCCCC)CC4)cc3)cc2CC)ccc1OCC(CC)(CO)CO. The lowest BCUT2D eigenvalue weighted by molar-refractivity contribution is -0.139. The average molecular weight is 669 g/mol. The Bertz CT molecular complexity index is 1470. The zero-order valence-electron chi connectivity index (χ0n) is 30.6. The van der Waals surface area contributed by atoms with Crippen LogP contribution in [0.4, 0.5) is 0 Å². The molecule has 1 aliphatic carbocycles. The van der Waals surface area contributed by atoms with E-state index in [1.807, 2.05) is 13.0 Å². The molecule has 5 heteroatoms. The third-order valence-electron chi connectivity index (χ3n) is 10.8. The van der Waals surface area contributed by atoms with Gasteiger partial charge in [-0.1, -0.05) is 102 Å². The lowest BCUT2D eigenvalue weighted by atomic mass is 9.77.